The van der Waals surface area contributed by atoms with E-state index in [2.05, 4.69) is 26.3 Å². The smallest absolute Gasteiger partial charge is 0.333 e. The molecular weight excluding hydrogens is 524 g/mol. The Morgan fingerprint density at radius 1 is 0.500 bits per heavy atom. The summed E-state index contributed by atoms with van der Waals surface area (Å²) in [5.41, 5.74) is -1.42. The normalized spacial score (nSPS) is 11.2. The summed E-state index contributed by atoms with van der Waals surface area (Å²) in [6, 6.07) is 0. The monoisotopic (exact) mass is 568 g/mol. The van der Waals surface area contributed by atoms with Crippen molar-refractivity contribution in [2.75, 3.05) is 52.9 Å². The lowest BCUT2D eigenvalue weighted by Crippen LogP contribution is -2.45. The fraction of sp³-hybridized carbons (Fsp3) is 0.586. The molecule has 0 aliphatic heterocycles. The van der Waals surface area contributed by atoms with Crippen LogP contribution in [0.15, 0.2) is 48.6 Å². The number of ether oxygens (including phenoxy) is 5. The van der Waals surface area contributed by atoms with E-state index in [0.29, 0.717) is 6.42 Å². The molecule has 0 fully saturated rings. The summed E-state index contributed by atoms with van der Waals surface area (Å²) in [7, 11) is 0. The van der Waals surface area contributed by atoms with Gasteiger partial charge in [-0.25, -0.2) is 29.0 Å². The van der Waals surface area contributed by atoms with Gasteiger partial charge in [0, 0.05) is 22.3 Å². The first-order valence-electron chi connectivity index (χ1n) is 12.8. The van der Waals surface area contributed by atoms with Crippen molar-refractivity contribution in [1.82, 2.24) is 0 Å². The number of esters is 4. The van der Waals surface area contributed by atoms with Crippen molar-refractivity contribution in [2.24, 2.45) is 10.8 Å². The van der Waals surface area contributed by atoms with Gasteiger partial charge in [0.15, 0.2) is 0 Å². The first-order valence-corrected chi connectivity index (χ1v) is 12.8. The van der Waals surface area contributed by atoms with Gasteiger partial charge in [-0.15, -0.1) is 0 Å². The quantitative estimate of drug-likeness (QED) is 0.0499. The zero-order chi connectivity index (χ0) is 30.9. The van der Waals surface area contributed by atoms with Gasteiger partial charge in [0.25, 0.3) is 0 Å². The molecule has 0 saturated heterocycles. The average Bonchev–Trinajstić information content (AvgIpc) is 2.90. The van der Waals surface area contributed by atoms with Crippen molar-refractivity contribution in [1.29, 1.82) is 0 Å². The van der Waals surface area contributed by atoms with Gasteiger partial charge < -0.3 is 23.7 Å². The standard InChI is InChI=1S/C29H44O11/c1-11-28(15-35-24(30)20(3)4,16-36-25(31)21(5)6)13-34-14-29(19-40-39-12-2,17-37-26(32)22(7)8)18-38-27(33)23(9)10/h3,5,7,9,11-19H2,1-2,4,6,8,10H3. The molecular formula is C29H44O11. The maximum atomic E-state index is 12.2. The van der Waals surface area contributed by atoms with Crippen molar-refractivity contribution in [2.45, 2.75) is 48.0 Å². The highest BCUT2D eigenvalue weighted by Crippen LogP contribution is 2.28. The summed E-state index contributed by atoms with van der Waals surface area (Å²) < 4.78 is 27.6. The second kappa shape index (κ2) is 18.1. The molecule has 0 aliphatic carbocycles. The molecule has 0 spiro atoms. The molecule has 0 radical (unpaired) electrons. The third-order valence-electron chi connectivity index (χ3n) is 5.56. The molecule has 0 N–H and O–H groups in total. The lowest BCUT2D eigenvalue weighted by atomic mass is 9.87. The van der Waals surface area contributed by atoms with Crippen LogP contribution in [0.2, 0.25) is 0 Å². The summed E-state index contributed by atoms with van der Waals surface area (Å²) in [5.74, 6) is -2.54. The van der Waals surface area contributed by atoms with E-state index in [-0.39, 0.29) is 75.1 Å². The Kier molecular flexibility index (Phi) is 16.7. The summed E-state index contributed by atoms with van der Waals surface area (Å²) in [6.45, 7) is 22.9. The van der Waals surface area contributed by atoms with E-state index < -0.39 is 34.7 Å². The lowest BCUT2D eigenvalue weighted by Gasteiger charge is -2.35. The fourth-order valence-electron chi connectivity index (χ4n) is 2.78. The second-order valence-electron chi connectivity index (χ2n) is 9.94. The van der Waals surface area contributed by atoms with Crippen molar-refractivity contribution in [3.63, 3.8) is 0 Å². The molecule has 0 aromatic heterocycles. The molecule has 11 nitrogen and oxygen atoms in total. The maximum absolute atomic E-state index is 12.2. The highest BCUT2D eigenvalue weighted by Gasteiger charge is 2.39. The molecule has 0 aromatic rings. The molecule has 11 heteroatoms. The Hall–Kier alpha value is -3.28. The second-order valence-corrected chi connectivity index (χ2v) is 9.94. The van der Waals surface area contributed by atoms with E-state index in [1.165, 1.54) is 27.7 Å². The van der Waals surface area contributed by atoms with Crippen LogP contribution in [0.4, 0.5) is 0 Å². The largest absolute Gasteiger partial charge is 0.462 e. The van der Waals surface area contributed by atoms with Gasteiger partial charge in [-0.05, 0) is 41.0 Å². The van der Waals surface area contributed by atoms with Crippen molar-refractivity contribution < 1.29 is 52.6 Å². The molecule has 0 unspecified atom stereocenters. The predicted octanol–water partition coefficient (Wildman–Crippen LogP) is 3.83. The Bertz CT molecular complexity index is 888. The highest BCUT2D eigenvalue weighted by atomic mass is 17.2. The minimum Gasteiger partial charge on any atom is -0.462 e. The molecule has 40 heavy (non-hydrogen) atoms. The van der Waals surface area contributed by atoms with Gasteiger partial charge in [0.05, 0.1) is 37.3 Å². The number of carbonyl (C=O) groups excluding carboxylic acids is 4. The summed E-state index contributed by atoms with van der Waals surface area (Å²) in [5, 5.41) is 0. The van der Waals surface area contributed by atoms with Crippen LogP contribution in [0.5, 0.6) is 0 Å². The summed E-state index contributed by atoms with van der Waals surface area (Å²) in [4.78, 5) is 58.9. The van der Waals surface area contributed by atoms with E-state index in [0.717, 1.165) is 0 Å². The third kappa shape index (κ3) is 13.7. The van der Waals surface area contributed by atoms with Crippen LogP contribution in [-0.2, 0) is 52.6 Å². The zero-order valence-corrected chi connectivity index (χ0v) is 24.7. The molecule has 0 bridgehead atoms. The van der Waals surface area contributed by atoms with Gasteiger partial charge in [-0.1, -0.05) is 33.2 Å². The first-order chi connectivity index (χ1) is 18.6. The molecule has 0 atom stereocenters. The van der Waals surface area contributed by atoms with Crippen LogP contribution in [0.3, 0.4) is 0 Å². The van der Waals surface area contributed by atoms with E-state index >= 15 is 0 Å². The van der Waals surface area contributed by atoms with Crippen LogP contribution in [-0.4, -0.2) is 76.7 Å². The van der Waals surface area contributed by atoms with Gasteiger partial charge in [0.2, 0.25) is 0 Å². The molecule has 0 amide bonds. The van der Waals surface area contributed by atoms with Gasteiger partial charge in [-0.3, -0.25) is 0 Å². The van der Waals surface area contributed by atoms with Crippen molar-refractivity contribution >= 4 is 23.9 Å². The number of rotatable bonds is 21. The minimum absolute atomic E-state index is 0.0598. The molecule has 0 aliphatic rings. The Morgan fingerprint density at radius 3 is 1.12 bits per heavy atom. The van der Waals surface area contributed by atoms with Crippen molar-refractivity contribution in [3.8, 4) is 0 Å². The molecule has 226 valence electrons. The average molecular weight is 569 g/mol. The van der Waals surface area contributed by atoms with E-state index in [1.54, 1.807) is 6.92 Å². The highest BCUT2D eigenvalue weighted by molar-refractivity contribution is 5.88. The van der Waals surface area contributed by atoms with E-state index in [9.17, 15) is 19.2 Å². The van der Waals surface area contributed by atoms with Crippen LogP contribution >= 0.6 is 0 Å². The number of hydrogen-bond acceptors (Lipinski definition) is 11. The fourth-order valence-corrected chi connectivity index (χ4v) is 2.78. The topological polar surface area (TPSA) is 133 Å². The third-order valence-corrected chi connectivity index (χ3v) is 5.56. The van der Waals surface area contributed by atoms with Gasteiger partial charge in [0.1, 0.15) is 26.4 Å². The minimum atomic E-state index is -1.21. The van der Waals surface area contributed by atoms with Crippen LogP contribution < -0.4 is 0 Å². The number of carbonyl (C=O) groups is 4. The molecule has 0 heterocycles. The van der Waals surface area contributed by atoms with Crippen molar-refractivity contribution in [3.05, 3.63) is 48.6 Å². The Labute approximate surface area is 237 Å². The van der Waals surface area contributed by atoms with Crippen LogP contribution in [0.25, 0.3) is 0 Å². The lowest BCUT2D eigenvalue weighted by molar-refractivity contribution is -0.315. The zero-order valence-electron chi connectivity index (χ0n) is 24.7. The predicted molar refractivity (Wildman–Crippen MR) is 147 cm³/mol. The maximum Gasteiger partial charge on any atom is 0.333 e. The molecule has 0 aromatic carbocycles. The summed E-state index contributed by atoms with van der Waals surface area (Å²) >= 11 is 0. The first kappa shape index (κ1) is 36.7. The van der Waals surface area contributed by atoms with E-state index in [1.807, 2.05) is 6.92 Å². The Balaban J connectivity index is 6.05. The van der Waals surface area contributed by atoms with Gasteiger partial charge in [-0.2, -0.15) is 0 Å². The summed E-state index contributed by atoms with van der Waals surface area (Å²) in [6.07, 6.45) is 0.387. The van der Waals surface area contributed by atoms with Crippen LogP contribution in [0, 0.1) is 10.8 Å². The van der Waals surface area contributed by atoms with Gasteiger partial charge >= 0.3 is 23.9 Å². The SMILES string of the molecule is C=C(C)C(=O)OCC(CC)(COCC(COOCC)(COC(=O)C(=C)C)COC(=O)C(=C)C)COC(=O)C(=C)C. The number of hydrogen-bond donors (Lipinski definition) is 0. The molecule has 0 saturated carbocycles. The van der Waals surface area contributed by atoms with Crippen LogP contribution in [0.1, 0.15) is 48.0 Å². The Morgan fingerprint density at radius 2 is 0.825 bits per heavy atom. The molecule has 0 rings (SSSR count). The van der Waals surface area contributed by atoms with E-state index in [4.69, 9.17) is 33.5 Å².